The number of methoxy groups -OCH3 is 1. The zero-order valence-corrected chi connectivity index (χ0v) is 15.0. The van der Waals surface area contributed by atoms with E-state index in [0.29, 0.717) is 29.0 Å². The molecule has 4 rings (SSSR count). The number of benzene rings is 2. The summed E-state index contributed by atoms with van der Waals surface area (Å²) < 4.78 is 24.5. The second-order valence-corrected chi connectivity index (χ2v) is 6.39. The molecule has 1 aliphatic heterocycles. The van der Waals surface area contributed by atoms with Crippen molar-refractivity contribution in [1.29, 1.82) is 0 Å². The fourth-order valence-electron chi connectivity index (χ4n) is 3.22. The minimum atomic E-state index is -0.442. The number of amides is 1. The maximum absolute atomic E-state index is 13.6. The van der Waals surface area contributed by atoms with Gasteiger partial charge >= 0.3 is 0 Å². The average molecular weight is 367 g/mol. The maximum Gasteiger partial charge on any atom is 0.240 e. The van der Waals surface area contributed by atoms with Crippen molar-refractivity contribution in [3.05, 3.63) is 47.8 Å². The van der Waals surface area contributed by atoms with Crippen molar-refractivity contribution in [3.63, 3.8) is 0 Å². The van der Waals surface area contributed by atoms with Gasteiger partial charge in [-0.2, -0.15) is 5.10 Å². The Hall–Kier alpha value is -3.22. The van der Waals surface area contributed by atoms with E-state index in [0.717, 1.165) is 17.7 Å². The van der Waals surface area contributed by atoms with Crippen LogP contribution in [0.25, 0.3) is 22.6 Å². The van der Waals surface area contributed by atoms with Crippen LogP contribution in [0.2, 0.25) is 0 Å². The predicted octanol–water partition coefficient (Wildman–Crippen LogP) is 3.89. The first kappa shape index (κ1) is 17.2. The van der Waals surface area contributed by atoms with Crippen molar-refractivity contribution in [2.24, 2.45) is 11.0 Å². The van der Waals surface area contributed by atoms with Gasteiger partial charge in [0.2, 0.25) is 11.8 Å². The van der Waals surface area contributed by atoms with Crippen LogP contribution in [0.5, 0.6) is 5.75 Å². The van der Waals surface area contributed by atoms with Crippen LogP contribution in [-0.4, -0.2) is 23.7 Å². The topological polar surface area (TPSA) is 76.7 Å². The summed E-state index contributed by atoms with van der Waals surface area (Å²) in [6.07, 6.45) is 1.24. The molecule has 0 saturated heterocycles. The van der Waals surface area contributed by atoms with Gasteiger partial charge in [0, 0.05) is 23.5 Å². The molecule has 0 aliphatic carbocycles. The van der Waals surface area contributed by atoms with Gasteiger partial charge < -0.3 is 9.15 Å². The van der Waals surface area contributed by atoms with Crippen molar-refractivity contribution in [2.75, 3.05) is 7.11 Å². The number of carbonyl (C=O) groups is 1. The minimum Gasteiger partial charge on any atom is -0.494 e. The van der Waals surface area contributed by atoms with Gasteiger partial charge in [-0.15, -0.1) is 0 Å². The first-order chi connectivity index (χ1) is 13.1. The van der Waals surface area contributed by atoms with E-state index in [1.54, 1.807) is 12.1 Å². The Morgan fingerprint density at radius 2 is 2.07 bits per heavy atom. The highest BCUT2D eigenvalue weighted by Gasteiger charge is 2.24. The molecule has 1 atom stereocenters. The van der Waals surface area contributed by atoms with Crippen LogP contribution < -0.4 is 10.2 Å². The molecule has 138 valence electrons. The van der Waals surface area contributed by atoms with Crippen molar-refractivity contribution in [1.82, 2.24) is 10.4 Å². The van der Waals surface area contributed by atoms with Crippen molar-refractivity contribution >= 4 is 22.7 Å². The van der Waals surface area contributed by atoms with E-state index in [4.69, 9.17) is 9.15 Å². The molecule has 1 amide bonds. The number of halogens is 1. The standard InChI is InChI=1S/C20H18FN3O3/c1-3-11-10-18(25)23-24-19(11)12-5-7-15-17(8-12)27-20(22-15)13-4-6-14(21)16(9-13)26-2/h4-9,11H,3,10H2,1-2H3,(H,23,25). The summed E-state index contributed by atoms with van der Waals surface area (Å²) in [7, 11) is 1.41. The van der Waals surface area contributed by atoms with Crippen molar-refractivity contribution in [2.45, 2.75) is 19.8 Å². The van der Waals surface area contributed by atoms with Crippen LogP contribution in [0, 0.1) is 11.7 Å². The predicted molar refractivity (Wildman–Crippen MR) is 99.0 cm³/mol. The third kappa shape index (κ3) is 3.16. The van der Waals surface area contributed by atoms with Crippen LogP contribution in [0.4, 0.5) is 4.39 Å². The van der Waals surface area contributed by atoms with E-state index in [-0.39, 0.29) is 17.6 Å². The fraction of sp³-hybridized carbons (Fsp3) is 0.250. The average Bonchev–Trinajstić information content (AvgIpc) is 3.11. The molecule has 1 aromatic heterocycles. The second kappa shape index (κ2) is 6.83. The highest BCUT2D eigenvalue weighted by molar-refractivity contribution is 6.07. The van der Waals surface area contributed by atoms with Crippen LogP contribution in [0.3, 0.4) is 0 Å². The lowest BCUT2D eigenvalue weighted by Crippen LogP contribution is -2.33. The smallest absolute Gasteiger partial charge is 0.240 e. The summed E-state index contributed by atoms with van der Waals surface area (Å²) in [5, 5.41) is 4.23. The lowest BCUT2D eigenvalue weighted by atomic mass is 9.90. The maximum atomic E-state index is 13.6. The molecule has 3 aromatic rings. The normalized spacial score (nSPS) is 16.9. The number of rotatable bonds is 4. The van der Waals surface area contributed by atoms with Crippen molar-refractivity contribution < 1.29 is 18.3 Å². The molecule has 0 saturated carbocycles. The summed E-state index contributed by atoms with van der Waals surface area (Å²) in [6.45, 7) is 2.03. The molecule has 7 heteroatoms. The van der Waals surface area contributed by atoms with E-state index in [1.807, 2.05) is 25.1 Å². The Kier molecular flexibility index (Phi) is 4.35. The van der Waals surface area contributed by atoms with Crippen molar-refractivity contribution in [3.8, 4) is 17.2 Å². The summed E-state index contributed by atoms with van der Waals surface area (Å²) >= 11 is 0. The number of hydrazone groups is 1. The number of nitrogens with one attached hydrogen (secondary N) is 1. The van der Waals surface area contributed by atoms with Gasteiger partial charge in [-0.25, -0.2) is 14.8 Å². The molecule has 0 fully saturated rings. The van der Waals surface area contributed by atoms with Gasteiger partial charge in [0.25, 0.3) is 0 Å². The first-order valence-electron chi connectivity index (χ1n) is 8.70. The summed E-state index contributed by atoms with van der Waals surface area (Å²) in [4.78, 5) is 16.0. The van der Waals surface area contributed by atoms with Crippen LogP contribution in [0.1, 0.15) is 25.3 Å². The number of hydrogen-bond donors (Lipinski definition) is 1. The van der Waals surface area contributed by atoms with Gasteiger partial charge in [0.1, 0.15) is 5.52 Å². The third-order valence-electron chi connectivity index (χ3n) is 4.69. The lowest BCUT2D eigenvalue weighted by molar-refractivity contribution is -0.122. The van der Waals surface area contributed by atoms with Gasteiger partial charge in [0.05, 0.1) is 12.8 Å². The van der Waals surface area contributed by atoms with E-state index < -0.39 is 5.82 Å². The van der Waals surface area contributed by atoms with Gasteiger partial charge in [-0.1, -0.05) is 13.0 Å². The fourth-order valence-corrected chi connectivity index (χ4v) is 3.22. The zero-order chi connectivity index (χ0) is 19.0. The van der Waals surface area contributed by atoms with Crippen LogP contribution in [0.15, 0.2) is 45.9 Å². The Labute approximate surface area is 155 Å². The second-order valence-electron chi connectivity index (χ2n) is 6.39. The Balaban J connectivity index is 1.73. The number of hydrogen-bond acceptors (Lipinski definition) is 5. The molecule has 1 aliphatic rings. The monoisotopic (exact) mass is 367 g/mol. The Morgan fingerprint density at radius 1 is 1.26 bits per heavy atom. The Morgan fingerprint density at radius 3 is 2.85 bits per heavy atom. The molecular formula is C20H18FN3O3. The number of nitrogens with zero attached hydrogens (tertiary/aromatic N) is 2. The summed E-state index contributed by atoms with van der Waals surface area (Å²) in [5.74, 6) is 0.0707. The Bertz CT molecular complexity index is 1060. The summed E-state index contributed by atoms with van der Waals surface area (Å²) in [5.41, 5.74) is 6.17. The molecule has 0 radical (unpaired) electrons. The number of aromatic nitrogens is 1. The van der Waals surface area contributed by atoms with E-state index >= 15 is 0 Å². The number of fused-ring (bicyclic) bond motifs is 1. The highest BCUT2D eigenvalue weighted by Crippen LogP contribution is 2.30. The third-order valence-corrected chi connectivity index (χ3v) is 4.69. The first-order valence-corrected chi connectivity index (χ1v) is 8.70. The number of oxazole rings is 1. The van der Waals surface area contributed by atoms with Gasteiger partial charge in [-0.3, -0.25) is 4.79 Å². The van der Waals surface area contributed by atoms with Crippen LogP contribution in [-0.2, 0) is 4.79 Å². The van der Waals surface area contributed by atoms with E-state index in [9.17, 15) is 9.18 Å². The molecule has 1 N–H and O–H groups in total. The molecule has 1 unspecified atom stereocenters. The van der Waals surface area contributed by atoms with E-state index in [1.165, 1.54) is 13.2 Å². The van der Waals surface area contributed by atoms with Gasteiger partial charge in [-0.05, 0) is 36.8 Å². The molecule has 2 heterocycles. The molecule has 2 aromatic carbocycles. The summed E-state index contributed by atoms with van der Waals surface area (Å²) in [6, 6.07) is 10.1. The van der Waals surface area contributed by atoms with Crippen LogP contribution >= 0.6 is 0 Å². The van der Waals surface area contributed by atoms with E-state index in [2.05, 4.69) is 15.5 Å². The number of carbonyl (C=O) groups excluding carboxylic acids is 1. The highest BCUT2D eigenvalue weighted by atomic mass is 19.1. The number of ether oxygens (including phenoxy) is 1. The molecule has 0 spiro atoms. The quantitative estimate of drug-likeness (QED) is 0.759. The van der Waals surface area contributed by atoms with Gasteiger partial charge in [0.15, 0.2) is 17.1 Å². The minimum absolute atomic E-state index is 0.0694. The SMILES string of the molecule is CCC1CC(=O)NN=C1c1ccc2nc(-c3ccc(F)c(OC)c3)oc2c1. The molecular weight excluding hydrogens is 349 g/mol. The zero-order valence-electron chi connectivity index (χ0n) is 15.0. The molecule has 27 heavy (non-hydrogen) atoms. The largest absolute Gasteiger partial charge is 0.494 e. The lowest BCUT2D eigenvalue weighted by Gasteiger charge is -2.21. The molecule has 6 nitrogen and oxygen atoms in total. The molecule has 0 bridgehead atoms.